The average molecular weight is 245 g/mol. The standard InChI is InChI=1S/2C5H11ClO/c1-4(2)5(6)3-7;1-4(2)5(7)3-6/h2*4-5,7H,3H2,1-2H3. The molecule has 2 N–H and O–H groups in total. The molecule has 0 aliphatic rings. The van der Waals surface area contributed by atoms with Crippen LogP contribution in [0.1, 0.15) is 27.7 Å². The molecule has 88 valence electrons. The van der Waals surface area contributed by atoms with E-state index >= 15 is 0 Å². The van der Waals surface area contributed by atoms with Crippen LogP contribution in [0.25, 0.3) is 0 Å². The minimum atomic E-state index is -0.332. The monoisotopic (exact) mass is 244 g/mol. The summed E-state index contributed by atoms with van der Waals surface area (Å²) < 4.78 is 0. The molecule has 0 aromatic heterocycles. The zero-order chi connectivity index (χ0) is 11.7. The highest BCUT2D eigenvalue weighted by Gasteiger charge is 2.05. The quantitative estimate of drug-likeness (QED) is 0.747. The van der Waals surface area contributed by atoms with E-state index in [2.05, 4.69) is 0 Å². The molecule has 2 unspecified atom stereocenters. The maximum Gasteiger partial charge on any atom is 0.0698 e. The Kier molecular flexibility index (Phi) is 12.1. The summed E-state index contributed by atoms with van der Waals surface area (Å²) in [6, 6.07) is 0. The Hall–Kier alpha value is 0.500. The summed E-state index contributed by atoms with van der Waals surface area (Å²) in [5, 5.41) is 17.1. The first-order valence-corrected chi connectivity index (χ1v) is 5.82. The average Bonchev–Trinajstić information content (AvgIpc) is 2.15. The second-order valence-electron chi connectivity index (χ2n) is 3.91. The molecule has 0 aromatic rings. The Morgan fingerprint density at radius 2 is 1.50 bits per heavy atom. The summed E-state index contributed by atoms with van der Waals surface area (Å²) in [5.74, 6) is 1.02. The lowest BCUT2D eigenvalue weighted by Crippen LogP contribution is -2.15. The molecular weight excluding hydrogens is 223 g/mol. The van der Waals surface area contributed by atoms with Crippen LogP contribution in [0.4, 0.5) is 0 Å². The molecule has 14 heavy (non-hydrogen) atoms. The van der Waals surface area contributed by atoms with Crippen molar-refractivity contribution in [2.75, 3.05) is 12.5 Å². The van der Waals surface area contributed by atoms with Crippen LogP contribution in [0.15, 0.2) is 0 Å². The molecule has 0 fully saturated rings. The van der Waals surface area contributed by atoms with Crippen LogP contribution < -0.4 is 0 Å². The summed E-state index contributed by atoms with van der Waals surface area (Å²) in [5.41, 5.74) is 0. The smallest absolute Gasteiger partial charge is 0.0698 e. The molecule has 4 heteroatoms. The lowest BCUT2D eigenvalue weighted by atomic mass is 10.1. The molecule has 0 aromatic carbocycles. The van der Waals surface area contributed by atoms with Crippen LogP contribution in [-0.4, -0.2) is 34.2 Å². The van der Waals surface area contributed by atoms with Gasteiger partial charge < -0.3 is 10.2 Å². The van der Waals surface area contributed by atoms with Gasteiger partial charge in [-0.2, -0.15) is 0 Å². The van der Waals surface area contributed by atoms with Crippen molar-refractivity contribution in [2.45, 2.75) is 39.2 Å². The third-order valence-corrected chi connectivity index (χ3v) is 2.78. The van der Waals surface area contributed by atoms with Gasteiger partial charge in [-0.1, -0.05) is 27.7 Å². The Labute approximate surface area is 97.2 Å². The van der Waals surface area contributed by atoms with Crippen LogP contribution in [0.3, 0.4) is 0 Å². The number of halogens is 2. The van der Waals surface area contributed by atoms with Crippen molar-refractivity contribution in [3.05, 3.63) is 0 Å². The minimum Gasteiger partial charge on any atom is -0.395 e. The highest BCUT2D eigenvalue weighted by Crippen LogP contribution is 2.06. The number of rotatable bonds is 4. The van der Waals surface area contributed by atoms with E-state index in [0.29, 0.717) is 11.8 Å². The van der Waals surface area contributed by atoms with Crippen LogP contribution in [-0.2, 0) is 0 Å². The van der Waals surface area contributed by atoms with E-state index in [1.807, 2.05) is 27.7 Å². The molecule has 2 atom stereocenters. The Balaban J connectivity index is 0. The van der Waals surface area contributed by atoms with Crippen molar-refractivity contribution < 1.29 is 10.2 Å². The van der Waals surface area contributed by atoms with Gasteiger partial charge in [0.15, 0.2) is 0 Å². The molecule has 0 aliphatic carbocycles. The first kappa shape index (κ1) is 16.9. The van der Waals surface area contributed by atoms with Crippen molar-refractivity contribution >= 4 is 23.2 Å². The summed E-state index contributed by atoms with van der Waals surface area (Å²) in [7, 11) is 0. The third-order valence-electron chi connectivity index (χ3n) is 1.83. The maximum absolute atomic E-state index is 8.80. The number of aliphatic hydroxyl groups excluding tert-OH is 2. The van der Waals surface area contributed by atoms with E-state index in [4.69, 9.17) is 33.4 Å². The zero-order valence-electron chi connectivity index (χ0n) is 9.37. The topological polar surface area (TPSA) is 40.5 Å². The highest BCUT2D eigenvalue weighted by molar-refractivity contribution is 6.20. The van der Waals surface area contributed by atoms with Crippen LogP contribution in [0.2, 0.25) is 0 Å². The lowest BCUT2D eigenvalue weighted by molar-refractivity contribution is 0.148. The number of hydrogen-bond acceptors (Lipinski definition) is 2. The highest BCUT2D eigenvalue weighted by atomic mass is 35.5. The van der Waals surface area contributed by atoms with Gasteiger partial charge in [-0.3, -0.25) is 0 Å². The second kappa shape index (κ2) is 10.0. The van der Waals surface area contributed by atoms with Gasteiger partial charge in [0.25, 0.3) is 0 Å². The Bertz CT molecular complexity index is 105. The van der Waals surface area contributed by atoms with Crippen molar-refractivity contribution in [1.29, 1.82) is 0 Å². The number of hydrogen-bond donors (Lipinski definition) is 2. The molecule has 0 spiro atoms. The Morgan fingerprint density at radius 3 is 1.50 bits per heavy atom. The largest absolute Gasteiger partial charge is 0.395 e. The van der Waals surface area contributed by atoms with Gasteiger partial charge in [-0.15, -0.1) is 23.2 Å². The third kappa shape index (κ3) is 10.6. The van der Waals surface area contributed by atoms with E-state index in [1.54, 1.807) is 0 Å². The van der Waals surface area contributed by atoms with Gasteiger partial charge in [-0.25, -0.2) is 0 Å². The Morgan fingerprint density at radius 1 is 1.07 bits per heavy atom. The lowest BCUT2D eigenvalue weighted by Gasteiger charge is -2.08. The van der Waals surface area contributed by atoms with Crippen molar-refractivity contribution in [3.8, 4) is 0 Å². The fourth-order valence-electron chi connectivity index (χ4n) is 0.389. The van der Waals surface area contributed by atoms with E-state index in [9.17, 15) is 0 Å². The zero-order valence-corrected chi connectivity index (χ0v) is 10.9. The summed E-state index contributed by atoms with van der Waals surface area (Å²) in [6.07, 6.45) is -0.332. The van der Waals surface area contributed by atoms with E-state index < -0.39 is 0 Å². The van der Waals surface area contributed by atoms with Crippen molar-refractivity contribution in [1.82, 2.24) is 0 Å². The van der Waals surface area contributed by atoms with Gasteiger partial charge in [0.1, 0.15) is 0 Å². The van der Waals surface area contributed by atoms with E-state index in [1.165, 1.54) is 0 Å². The molecule has 0 saturated carbocycles. The molecule has 0 bridgehead atoms. The second-order valence-corrected chi connectivity index (χ2v) is 4.78. The van der Waals surface area contributed by atoms with E-state index in [-0.39, 0.29) is 24.0 Å². The minimum absolute atomic E-state index is 0.0694. The SMILES string of the molecule is CC(C)C(Cl)CO.CC(C)C(O)CCl. The molecule has 0 amide bonds. The molecule has 0 saturated heterocycles. The fourth-order valence-corrected chi connectivity index (χ4v) is 0.745. The molecule has 0 heterocycles. The normalized spacial score (nSPS) is 15.0. The maximum atomic E-state index is 8.80. The predicted octanol–water partition coefficient (Wildman–Crippen LogP) is 2.48. The molecular formula is C10H22Cl2O2. The number of aliphatic hydroxyl groups is 2. The van der Waals surface area contributed by atoms with E-state index in [0.717, 1.165) is 0 Å². The molecule has 0 aliphatic heterocycles. The summed E-state index contributed by atoms with van der Waals surface area (Å²) in [6.45, 7) is 7.92. The van der Waals surface area contributed by atoms with Gasteiger partial charge in [0.2, 0.25) is 0 Å². The van der Waals surface area contributed by atoms with Crippen molar-refractivity contribution in [2.24, 2.45) is 11.8 Å². The van der Waals surface area contributed by atoms with Gasteiger partial charge >= 0.3 is 0 Å². The number of alkyl halides is 2. The van der Waals surface area contributed by atoms with Crippen LogP contribution >= 0.6 is 23.2 Å². The molecule has 0 rings (SSSR count). The fraction of sp³-hybridized carbons (Fsp3) is 1.00. The first-order valence-electron chi connectivity index (χ1n) is 4.85. The van der Waals surface area contributed by atoms with Gasteiger partial charge in [0.05, 0.1) is 18.1 Å². The predicted molar refractivity (Wildman–Crippen MR) is 63.1 cm³/mol. The van der Waals surface area contributed by atoms with Gasteiger partial charge in [0, 0.05) is 5.88 Å². The van der Waals surface area contributed by atoms with Crippen LogP contribution in [0, 0.1) is 11.8 Å². The summed E-state index contributed by atoms with van der Waals surface area (Å²) >= 11 is 10.8. The van der Waals surface area contributed by atoms with Gasteiger partial charge in [-0.05, 0) is 11.8 Å². The first-order chi connectivity index (χ1) is 6.36. The van der Waals surface area contributed by atoms with Crippen LogP contribution in [0.5, 0.6) is 0 Å². The molecule has 2 nitrogen and oxygen atoms in total. The molecule has 0 radical (unpaired) electrons. The summed E-state index contributed by atoms with van der Waals surface area (Å²) in [4.78, 5) is 0. The van der Waals surface area contributed by atoms with Crippen molar-refractivity contribution in [3.63, 3.8) is 0 Å².